The molecule has 2 unspecified atom stereocenters. The number of nitrogens with zero attached hydrogens (tertiary/aromatic N) is 1. The van der Waals surface area contributed by atoms with E-state index in [1.165, 1.54) is 0 Å². The van der Waals surface area contributed by atoms with E-state index in [1.54, 1.807) is 0 Å². The second kappa shape index (κ2) is 5.45. The predicted molar refractivity (Wildman–Crippen MR) is 61.7 cm³/mol. The Balaban J connectivity index is 2.80. The molecule has 1 heterocycles. The Morgan fingerprint density at radius 3 is 2.81 bits per heavy atom. The van der Waals surface area contributed by atoms with E-state index in [-0.39, 0.29) is 5.78 Å². The average Bonchev–Trinajstić information content (AvgIpc) is 2.23. The maximum Gasteiger partial charge on any atom is 0.157 e. The first-order chi connectivity index (χ1) is 7.47. The summed E-state index contributed by atoms with van der Waals surface area (Å²) in [6.07, 6.45) is 2.74. The van der Waals surface area contributed by atoms with Gasteiger partial charge in [0.2, 0.25) is 0 Å². The fourth-order valence-electron chi connectivity index (χ4n) is 2.14. The third kappa shape index (κ3) is 3.31. The summed E-state index contributed by atoms with van der Waals surface area (Å²) in [5, 5.41) is 9.08. The van der Waals surface area contributed by atoms with Gasteiger partial charge in [-0.2, -0.15) is 5.26 Å². The van der Waals surface area contributed by atoms with Crippen LogP contribution in [0, 0.1) is 28.6 Å². The van der Waals surface area contributed by atoms with Crippen molar-refractivity contribution in [3.8, 4) is 6.07 Å². The lowest BCUT2D eigenvalue weighted by molar-refractivity contribution is -0.133. The van der Waals surface area contributed by atoms with Gasteiger partial charge in [0.25, 0.3) is 0 Å². The molecule has 0 spiro atoms. The van der Waals surface area contributed by atoms with Crippen LogP contribution in [0.2, 0.25) is 0 Å². The van der Waals surface area contributed by atoms with Gasteiger partial charge in [0, 0.05) is 12.0 Å². The normalized spacial score (nSPS) is 31.8. The van der Waals surface area contributed by atoms with Crippen molar-refractivity contribution in [2.45, 2.75) is 40.0 Å². The molecule has 1 aliphatic rings. The molecule has 0 aromatic rings. The van der Waals surface area contributed by atoms with Crippen LogP contribution in [0.1, 0.15) is 40.0 Å². The van der Waals surface area contributed by atoms with E-state index >= 15 is 0 Å². The van der Waals surface area contributed by atoms with E-state index in [0.29, 0.717) is 18.9 Å². The Morgan fingerprint density at radius 1 is 1.50 bits per heavy atom. The number of hydrogen-bond donors (Lipinski definition) is 0. The Hall–Kier alpha value is -0.880. The Kier molecular flexibility index (Phi) is 4.49. The number of ether oxygens (including phenoxy) is 1. The molecule has 0 N–H and O–H groups in total. The minimum absolute atomic E-state index is 0.0313. The molecule has 16 heavy (non-hydrogen) atoms. The quantitative estimate of drug-likeness (QED) is 0.634. The monoisotopic (exact) mass is 223 g/mol. The highest BCUT2D eigenvalue weighted by molar-refractivity contribution is 5.88. The van der Waals surface area contributed by atoms with E-state index in [4.69, 9.17) is 10.00 Å². The minimum atomic E-state index is -0.530. The average molecular weight is 223 g/mol. The number of rotatable bonds is 0. The first-order valence-corrected chi connectivity index (χ1v) is 5.99. The molecule has 3 nitrogen and oxygen atoms in total. The molecule has 1 rings (SSSR count). The van der Waals surface area contributed by atoms with Crippen LogP contribution in [0.3, 0.4) is 0 Å². The van der Waals surface area contributed by atoms with Gasteiger partial charge < -0.3 is 4.74 Å². The molecule has 1 fully saturated rings. The van der Waals surface area contributed by atoms with Gasteiger partial charge in [-0.25, -0.2) is 0 Å². The molecule has 1 saturated heterocycles. The highest BCUT2D eigenvalue weighted by atomic mass is 16.5. The van der Waals surface area contributed by atoms with Crippen LogP contribution in [0.4, 0.5) is 0 Å². The molecule has 90 valence electrons. The molecule has 1 aliphatic heterocycles. The van der Waals surface area contributed by atoms with Crippen molar-refractivity contribution in [3.63, 3.8) is 0 Å². The Morgan fingerprint density at radius 2 is 2.19 bits per heavy atom. The molecule has 0 aromatic carbocycles. The van der Waals surface area contributed by atoms with Gasteiger partial charge in [-0.3, -0.25) is 4.79 Å². The van der Waals surface area contributed by atoms with Crippen molar-refractivity contribution >= 4 is 5.78 Å². The van der Waals surface area contributed by atoms with Gasteiger partial charge in [-0.15, -0.1) is 0 Å². The summed E-state index contributed by atoms with van der Waals surface area (Å²) in [5.74, 6) is -0.0125. The molecule has 0 saturated carbocycles. The van der Waals surface area contributed by atoms with Crippen molar-refractivity contribution in [1.82, 2.24) is 0 Å². The van der Waals surface area contributed by atoms with Crippen LogP contribution in [-0.4, -0.2) is 19.0 Å². The first kappa shape index (κ1) is 13.2. The summed E-state index contributed by atoms with van der Waals surface area (Å²) < 4.78 is 5.51. The fraction of sp³-hybridized carbons (Fsp3) is 0.846. The summed E-state index contributed by atoms with van der Waals surface area (Å²) in [7, 11) is 0. The van der Waals surface area contributed by atoms with Gasteiger partial charge in [-0.05, 0) is 25.2 Å². The predicted octanol–water partition coefficient (Wildman–Crippen LogP) is 2.56. The van der Waals surface area contributed by atoms with Gasteiger partial charge in [0.05, 0.1) is 12.7 Å². The largest absolute Gasteiger partial charge is 0.380 e. The number of nitriles is 1. The maximum atomic E-state index is 12.2. The third-order valence-corrected chi connectivity index (χ3v) is 3.23. The van der Waals surface area contributed by atoms with E-state index in [9.17, 15) is 4.79 Å². The second-order valence-electron chi connectivity index (χ2n) is 5.47. The van der Waals surface area contributed by atoms with Crippen molar-refractivity contribution in [2.75, 3.05) is 13.2 Å². The van der Waals surface area contributed by atoms with E-state index < -0.39 is 11.3 Å². The summed E-state index contributed by atoms with van der Waals surface area (Å²) in [6.45, 7) is 6.99. The number of carbonyl (C=O) groups excluding carboxylic acids is 1. The molecule has 3 heteroatoms. The van der Waals surface area contributed by atoms with E-state index in [0.717, 1.165) is 19.4 Å². The number of Topliss-reactive ketones (excluding diaryl/α,β-unsaturated/α-hetero) is 1. The Labute approximate surface area is 97.8 Å². The highest BCUT2D eigenvalue weighted by Gasteiger charge is 2.35. The molecular weight excluding hydrogens is 202 g/mol. The lowest BCUT2D eigenvalue weighted by Gasteiger charge is -2.28. The minimum Gasteiger partial charge on any atom is -0.380 e. The smallest absolute Gasteiger partial charge is 0.157 e. The number of ketones is 1. The summed E-state index contributed by atoms with van der Waals surface area (Å²) in [5.41, 5.74) is -0.530. The van der Waals surface area contributed by atoms with Crippen molar-refractivity contribution in [3.05, 3.63) is 0 Å². The fourth-order valence-corrected chi connectivity index (χ4v) is 2.14. The number of hydrogen-bond acceptors (Lipinski definition) is 3. The Bertz CT molecular complexity index is 291. The zero-order valence-corrected chi connectivity index (χ0v) is 10.5. The third-order valence-electron chi connectivity index (χ3n) is 3.23. The standard InChI is InChI=1S/C13H21NO2/c1-10-5-4-6-16-9-13(2,3)12(15)11(7-10)8-14/h10-11H,4-7,9H2,1-3H3. The first-order valence-electron chi connectivity index (χ1n) is 5.99. The van der Waals surface area contributed by atoms with Crippen LogP contribution >= 0.6 is 0 Å². The van der Waals surface area contributed by atoms with Crippen molar-refractivity contribution in [2.24, 2.45) is 17.3 Å². The molecule has 0 amide bonds. The summed E-state index contributed by atoms with van der Waals surface area (Å²) >= 11 is 0. The van der Waals surface area contributed by atoms with Crippen LogP contribution < -0.4 is 0 Å². The summed E-state index contributed by atoms with van der Waals surface area (Å²) in [6, 6.07) is 2.15. The highest BCUT2D eigenvalue weighted by Crippen LogP contribution is 2.28. The maximum absolute atomic E-state index is 12.2. The van der Waals surface area contributed by atoms with Gasteiger partial charge in [0.1, 0.15) is 5.92 Å². The lowest BCUT2D eigenvalue weighted by atomic mass is 9.78. The topological polar surface area (TPSA) is 50.1 Å². The SMILES string of the molecule is CC1CCCOCC(C)(C)C(=O)C(C#N)C1. The van der Waals surface area contributed by atoms with Gasteiger partial charge in [-0.1, -0.05) is 20.8 Å². The summed E-state index contributed by atoms with van der Waals surface area (Å²) in [4.78, 5) is 12.2. The zero-order valence-electron chi connectivity index (χ0n) is 10.5. The molecule has 0 radical (unpaired) electrons. The molecule has 2 atom stereocenters. The lowest BCUT2D eigenvalue weighted by Crippen LogP contribution is -2.36. The molecular formula is C13H21NO2. The van der Waals surface area contributed by atoms with Gasteiger partial charge >= 0.3 is 0 Å². The zero-order chi connectivity index (χ0) is 12.2. The van der Waals surface area contributed by atoms with E-state index in [1.807, 2.05) is 13.8 Å². The molecule has 0 aromatic heterocycles. The van der Waals surface area contributed by atoms with E-state index in [2.05, 4.69) is 13.0 Å². The van der Waals surface area contributed by atoms with Crippen molar-refractivity contribution in [1.29, 1.82) is 5.26 Å². The van der Waals surface area contributed by atoms with Crippen LogP contribution in [-0.2, 0) is 9.53 Å². The van der Waals surface area contributed by atoms with Crippen LogP contribution in [0.5, 0.6) is 0 Å². The van der Waals surface area contributed by atoms with Crippen LogP contribution in [0.25, 0.3) is 0 Å². The molecule has 0 aliphatic carbocycles. The van der Waals surface area contributed by atoms with Crippen molar-refractivity contribution < 1.29 is 9.53 Å². The van der Waals surface area contributed by atoms with Crippen LogP contribution in [0.15, 0.2) is 0 Å². The number of carbonyl (C=O) groups is 1. The van der Waals surface area contributed by atoms with Gasteiger partial charge in [0.15, 0.2) is 5.78 Å². The second-order valence-corrected chi connectivity index (χ2v) is 5.47. The molecule has 0 bridgehead atoms.